The minimum absolute atomic E-state index is 0. The number of thioether (sulfide) groups is 1. The fraction of sp³-hybridized carbons (Fsp3) is 0.737. The molecule has 1 aromatic rings. The first-order chi connectivity index (χ1) is 13.7. The molecule has 1 saturated heterocycles. The van der Waals surface area contributed by atoms with Gasteiger partial charge in [-0.1, -0.05) is 18.7 Å². The predicted octanol–water partition coefficient (Wildman–Crippen LogP) is 2.79. The van der Waals surface area contributed by atoms with Gasteiger partial charge in [-0.25, -0.2) is 4.98 Å². The number of thiazole rings is 1. The summed E-state index contributed by atoms with van der Waals surface area (Å²) in [4.78, 5) is 23.1. The van der Waals surface area contributed by atoms with Crippen molar-refractivity contribution in [3.63, 3.8) is 0 Å². The van der Waals surface area contributed by atoms with E-state index in [1.165, 1.54) is 0 Å². The highest BCUT2D eigenvalue weighted by molar-refractivity contribution is 14.0. The van der Waals surface area contributed by atoms with Crippen LogP contribution in [0.3, 0.4) is 0 Å². The Morgan fingerprint density at radius 1 is 1.34 bits per heavy atom. The third-order valence-electron chi connectivity index (χ3n) is 4.42. The number of amides is 1. The second-order valence-corrected chi connectivity index (χ2v) is 9.04. The summed E-state index contributed by atoms with van der Waals surface area (Å²) in [5.74, 6) is 2.08. The number of hydrogen-bond donors (Lipinski definition) is 3. The molecule has 0 bridgehead atoms. The van der Waals surface area contributed by atoms with E-state index in [-0.39, 0.29) is 29.9 Å². The Bertz CT molecular complexity index is 579. The number of aromatic nitrogens is 1. The maximum Gasteiger partial charge on any atom is 0.234 e. The highest BCUT2D eigenvalue weighted by Gasteiger charge is 2.21. The first kappa shape index (κ1) is 26.4. The number of hydrogen-bond acceptors (Lipinski definition) is 6. The standard InChI is InChI=1S/C19H34N6OS2.HI/c1-3-8-21-17(26)15-25-11-6-16(7-12-25)24-18(20-4-2)22-9-5-13-27-19-23-10-14-28-19;/h10,14,16H,3-9,11-13,15H2,1-2H3,(H,21,26)(H2,20,22,24);1H. The number of aliphatic imine (C=N–C) groups is 1. The number of halogens is 1. The van der Waals surface area contributed by atoms with Gasteiger partial charge in [0.2, 0.25) is 5.91 Å². The molecule has 0 saturated carbocycles. The third kappa shape index (κ3) is 11.4. The molecular formula is C19H35IN6OS2. The Balaban J connectivity index is 0.00000420. The fourth-order valence-electron chi connectivity index (χ4n) is 2.97. The van der Waals surface area contributed by atoms with Gasteiger partial charge in [0.1, 0.15) is 4.34 Å². The first-order valence-electron chi connectivity index (χ1n) is 10.3. The number of carbonyl (C=O) groups is 1. The van der Waals surface area contributed by atoms with Gasteiger partial charge >= 0.3 is 0 Å². The molecule has 0 radical (unpaired) electrons. The molecule has 1 aliphatic heterocycles. The van der Waals surface area contributed by atoms with Crippen molar-refractivity contribution >= 4 is 58.9 Å². The lowest BCUT2D eigenvalue weighted by molar-refractivity contribution is -0.122. The van der Waals surface area contributed by atoms with Crippen LogP contribution in [0.1, 0.15) is 39.5 Å². The Hall–Kier alpha value is -0.590. The van der Waals surface area contributed by atoms with Crippen molar-refractivity contribution in [2.45, 2.75) is 49.9 Å². The molecule has 3 N–H and O–H groups in total. The van der Waals surface area contributed by atoms with Gasteiger partial charge in [-0.2, -0.15) is 0 Å². The zero-order valence-electron chi connectivity index (χ0n) is 17.5. The smallest absolute Gasteiger partial charge is 0.234 e. The molecule has 1 aliphatic rings. The first-order valence-corrected chi connectivity index (χ1v) is 12.1. The zero-order valence-corrected chi connectivity index (χ0v) is 21.4. The number of likely N-dealkylation sites (tertiary alicyclic amines) is 1. The van der Waals surface area contributed by atoms with Gasteiger partial charge in [-0.15, -0.1) is 35.3 Å². The van der Waals surface area contributed by atoms with Crippen LogP contribution >= 0.6 is 47.1 Å². The van der Waals surface area contributed by atoms with E-state index in [1.807, 2.05) is 11.6 Å². The summed E-state index contributed by atoms with van der Waals surface area (Å²) < 4.78 is 1.13. The van der Waals surface area contributed by atoms with Crippen LogP contribution in [0.5, 0.6) is 0 Å². The second kappa shape index (κ2) is 16.1. The van der Waals surface area contributed by atoms with Gasteiger partial charge in [0.15, 0.2) is 5.96 Å². The van der Waals surface area contributed by atoms with E-state index in [4.69, 9.17) is 4.99 Å². The summed E-state index contributed by atoms with van der Waals surface area (Å²) in [7, 11) is 0. The number of carbonyl (C=O) groups excluding carboxylic acids is 1. The van der Waals surface area contributed by atoms with Gasteiger partial charge in [-0.3, -0.25) is 14.7 Å². The maximum absolute atomic E-state index is 11.9. The van der Waals surface area contributed by atoms with Crippen LogP contribution in [0.25, 0.3) is 0 Å². The normalized spacial score (nSPS) is 15.6. The van der Waals surface area contributed by atoms with E-state index in [0.29, 0.717) is 12.6 Å². The van der Waals surface area contributed by atoms with Gasteiger partial charge in [0.05, 0.1) is 6.54 Å². The Labute approximate surface area is 200 Å². The minimum Gasteiger partial charge on any atom is -0.357 e. The summed E-state index contributed by atoms with van der Waals surface area (Å²) in [6.07, 6.45) is 5.93. The van der Waals surface area contributed by atoms with Crippen molar-refractivity contribution in [2.24, 2.45) is 4.99 Å². The fourth-order valence-corrected chi connectivity index (χ4v) is 4.60. The van der Waals surface area contributed by atoms with E-state index in [9.17, 15) is 4.79 Å². The molecule has 0 spiro atoms. The summed E-state index contributed by atoms with van der Waals surface area (Å²) in [6.45, 7) is 9.00. The predicted molar refractivity (Wildman–Crippen MR) is 135 cm³/mol. The molecule has 0 aromatic carbocycles. The molecule has 0 aliphatic carbocycles. The number of guanidine groups is 1. The minimum atomic E-state index is 0. The molecule has 166 valence electrons. The summed E-state index contributed by atoms with van der Waals surface area (Å²) >= 11 is 3.49. The van der Waals surface area contributed by atoms with Crippen LogP contribution in [0, 0.1) is 0 Å². The van der Waals surface area contributed by atoms with Crippen LogP contribution < -0.4 is 16.0 Å². The number of nitrogens with zero attached hydrogens (tertiary/aromatic N) is 3. The van der Waals surface area contributed by atoms with E-state index in [0.717, 1.165) is 74.5 Å². The van der Waals surface area contributed by atoms with E-state index >= 15 is 0 Å². The largest absolute Gasteiger partial charge is 0.357 e. The molecule has 2 rings (SSSR count). The molecule has 1 aromatic heterocycles. The van der Waals surface area contributed by atoms with Crippen molar-refractivity contribution in [2.75, 3.05) is 45.0 Å². The monoisotopic (exact) mass is 554 g/mol. The summed E-state index contributed by atoms with van der Waals surface area (Å²) in [5.41, 5.74) is 0. The van der Waals surface area contributed by atoms with Crippen molar-refractivity contribution < 1.29 is 4.79 Å². The van der Waals surface area contributed by atoms with Crippen molar-refractivity contribution in [3.8, 4) is 0 Å². The summed E-state index contributed by atoms with van der Waals surface area (Å²) in [5, 5.41) is 11.9. The van der Waals surface area contributed by atoms with E-state index < -0.39 is 0 Å². The van der Waals surface area contributed by atoms with Gasteiger partial charge in [0, 0.05) is 56.1 Å². The molecule has 1 fully saturated rings. The lowest BCUT2D eigenvalue weighted by Gasteiger charge is -2.32. The molecule has 2 heterocycles. The molecule has 0 atom stereocenters. The van der Waals surface area contributed by atoms with Gasteiger partial charge < -0.3 is 16.0 Å². The Morgan fingerprint density at radius 2 is 2.14 bits per heavy atom. The topological polar surface area (TPSA) is 81.7 Å². The average molecular weight is 555 g/mol. The molecule has 7 nitrogen and oxygen atoms in total. The lowest BCUT2D eigenvalue weighted by Crippen LogP contribution is -2.50. The zero-order chi connectivity index (χ0) is 20.0. The van der Waals surface area contributed by atoms with Gasteiger partial charge in [-0.05, 0) is 32.6 Å². The third-order valence-corrected chi connectivity index (χ3v) is 6.47. The van der Waals surface area contributed by atoms with Crippen LogP contribution in [0.4, 0.5) is 0 Å². The van der Waals surface area contributed by atoms with Crippen molar-refractivity contribution in [1.29, 1.82) is 0 Å². The van der Waals surface area contributed by atoms with Crippen molar-refractivity contribution in [3.05, 3.63) is 11.6 Å². The van der Waals surface area contributed by atoms with Crippen LogP contribution in [-0.4, -0.2) is 72.8 Å². The highest BCUT2D eigenvalue weighted by Crippen LogP contribution is 2.20. The van der Waals surface area contributed by atoms with Gasteiger partial charge in [0.25, 0.3) is 0 Å². The Kier molecular flexibility index (Phi) is 14.7. The molecule has 10 heteroatoms. The molecule has 0 unspecified atom stereocenters. The Morgan fingerprint density at radius 3 is 2.79 bits per heavy atom. The van der Waals surface area contributed by atoms with Crippen molar-refractivity contribution in [1.82, 2.24) is 25.8 Å². The number of rotatable bonds is 11. The SMILES string of the molecule is CCCNC(=O)CN1CCC(NC(=NCCCSc2nccs2)NCC)CC1.I. The van der Waals surface area contributed by atoms with E-state index in [2.05, 4.69) is 39.7 Å². The average Bonchev–Trinajstić information content (AvgIpc) is 3.21. The molecule has 1 amide bonds. The summed E-state index contributed by atoms with van der Waals surface area (Å²) in [6, 6.07) is 0.414. The maximum atomic E-state index is 11.9. The molecule has 29 heavy (non-hydrogen) atoms. The quantitative estimate of drug-likeness (QED) is 0.128. The number of piperidine rings is 1. The molecular weight excluding hydrogens is 519 g/mol. The van der Waals surface area contributed by atoms with Crippen LogP contribution in [0.15, 0.2) is 20.9 Å². The van der Waals surface area contributed by atoms with Crippen LogP contribution in [0.2, 0.25) is 0 Å². The highest BCUT2D eigenvalue weighted by atomic mass is 127. The lowest BCUT2D eigenvalue weighted by atomic mass is 10.1. The number of nitrogens with one attached hydrogen (secondary N) is 3. The van der Waals surface area contributed by atoms with E-state index in [1.54, 1.807) is 23.1 Å². The second-order valence-electron chi connectivity index (χ2n) is 6.81. The van der Waals surface area contributed by atoms with Crippen LogP contribution in [-0.2, 0) is 4.79 Å².